The van der Waals surface area contributed by atoms with Crippen molar-refractivity contribution in [3.05, 3.63) is 83.9 Å². The predicted octanol–water partition coefficient (Wildman–Crippen LogP) is 4.29. The smallest absolute Gasteiger partial charge is 0.253 e. The number of benzene rings is 2. The molecule has 1 heterocycles. The number of ether oxygens (including phenoxy) is 1. The quantitative estimate of drug-likeness (QED) is 0.655. The van der Waals surface area contributed by atoms with Crippen LogP contribution in [0, 0.1) is 5.82 Å². The van der Waals surface area contributed by atoms with Crippen molar-refractivity contribution < 1.29 is 13.9 Å². The van der Waals surface area contributed by atoms with E-state index in [-0.39, 0.29) is 18.3 Å². The molecule has 2 N–H and O–H groups in total. The number of aromatic nitrogens is 1. The van der Waals surface area contributed by atoms with E-state index >= 15 is 0 Å². The molecule has 0 bridgehead atoms. The molecule has 0 fully saturated rings. The van der Waals surface area contributed by atoms with Crippen LogP contribution in [0.4, 0.5) is 15.8 Å². The van der Waals surface area contributed by atoms with Crippen LogP contribution in [0.1, 0.15) is 22.8 Å². The van der Waals surface area contributed by atoms with Crippen LogP contribution in [-0.4, -0.2) is 17.5 Å². The number of rotatable bonds is 7. The van der Waals surface area contributed by atoms with Gasteiger partial charge in [0.05, 0.1) is 24.1 Å². The van der Waals surface area contributed by atoms with E-state index in [2.05, 4.69) is 15.6 Å². The molecular weight excluding hydrogens is 345 g/mol. The first-order valence-corrected chi connectivity index (χ1v) is 8.62. The lowest BCUT2D eigenvalue weighted by molar-refractivity contribution is 0.0950. The highest BCUT2D eigenvalue weighted by molar-refractivity contribution is 5.94. The van der Waals surface area contributed by atoms with Crippen molar-refractivity contribution in [2.75, 3.05) is 11.9 Å². The molecule has 0 unspecified atom stereocenters. The van der Waals surface area contributed by atoms with E-state index in [0.717, 1.165) is 11.4 Å². The first kappa shape index (κ1) is 18.4. The third-order valence-electron chi connectivity index (χ3n) is 3.85. The fraction of sp³-hybridized carbons (Fsp3) is 0.143. The topological polar surface area (TPSA) is 63.2 Å². The fourth-order valence-corrected chi connectivity index (χ4v) is 2.52. The van der Waals surface area contributed by atoms with E-state index in [1.54, 1.807) is 30.5 Å². The Bertz CT molecular complexity index is 913. The van der Waals surface area contributed by atoms with Crippen molar-refractivity contribution in [2.24, 2.45) is 0 Å². The Morgan fingerprint density at radius 3 is 2.59 bits per heavy atom. The molecule has 6 heteroatoms. The lowest BCUT2D eigenvalue weighted by Crippen LogP contribution is -2.23. The van der Waals surface area contributed by atoms with E-state index in [0.29, 0.717) is 23.4 Å². The second-order valence-corrected chi connectivity index (χ2v) is 5.82. The molecule has 0 aliphatic rings. The van der Waals surface area contributed by atoms with Gasteiger partial charge < -0.3 is 15.4 Å². The van der Waals surface area contributed by atoms with Crippen LogP contribution < -0.4 is 15.4 Å². The minimum Gasteiger partial charge on any atom is -0.494 e. The summed E-state index contributed by atoms with van der Waals surface area (Å²) in [4.78, 5) is 16.4. The average Bonchev–Trinajstić information content (AvgIpc) is 2.69. The van der Waals surface area contributed by atoms with Gasteiger partial charge in [-0.3, -0.25) is 9.78 Å². The van der Waals surface area contributed by atoms with Gasteiger partial charge in [-0.25, -0.2) is 4.39 Å². The Balaban J connectivity index is 1.64. The van der Waals surface area contributed by atoms with Gasteiger partial charge in [0.25, 0.3) is 5.91 Å². The summed E-state index contributed by atoms with van der Waals surface area (Å²) < 4.78 is 19.1. The lowest BCUT2D eigenvalue weighted by atomic mass is 10.2. The molecule has 5 nitrogen and oxygen atoms in total. The van der Waals surface area contributed by atoms with Crippen molar-refractivity contribution in [1.82, 2.24) is 10.3 Å². The molecule has 3 rings (SSSR count). The zero-order valence-electron chi connectivity index (χ0n) is 14.9. The monoisotopic (exact) mass is 365 g/mol. The second kappa shape index (κ2) is 8.80. The number of carbonyl (C=O) groups is 1. The largest absolute Gasteiger partial charge is 0.494 e. The molecular formula is C21H20FN3O2. The summed E-state index contributed by atoms with van der Waals surface area (Å²) in [7, 11) is 0. The number of halogens is 1. The van der Waals surface area contributed by atoms with E-state index in [4.69, 9.17) is 4.74 Å². The van der Waals surface area contributed by atoms with Crippen LogP contribution in [-0.2, 0) is 6.54 Å². The SMILES string of the molecule is CCOc1ccc(Nc2cncc(C(=O)NCc3ccccc3F)c2)cc1. The minimum absolute atomic E-state index is 0.113. The van der Waals surface area contributed by atoms with Gasteiger partial charge in [-0.15, -0.1) is 0 Å². The molecule has 0 aliphatic heterocycles. The molecule has 1 aromatic heterocycles. The molecule has 0 saturated carbocycles. The van der Waals surface area contributed by atoms with Gasteiger partial charge in [0, 0.05) is 24.0 Å². The zero-order chi connectivity index (χ0) is 19.1. The molecule has 27 heavy (non-hydrogen) atoms. The zero-order valence-corrected chi connectivity index (χ0v) is 14.9. The maximum absolute atomic E-state index is 13.6. The van der Waals surface area contributed by atoms with Gasteiger partial charge in [-0.1, -0.05) is 18.2 Å². The Labute approximate surface area is 157 Å². The first-order chi connectivity index (χ1) is 13.2. The highest BCUT2D eigenvalue weighted by Gasteiger charge is 2.09. The summed E-state index contributed by atoms with van der Waals surface area (Å²) in [6, 6.07) is 15.5. The van der Waals surface area contributed by atoms with E-state index < -0.39 is 0 Å². The maximum atomic E-state index is 13.6. The van der Waals surface area contributed by atoms with Crippen LogP contribution in [0.25, 0.3) is 0 Å². The number of carbonyl (C=O) groups excluding carboxylic acids is 1. The van der Waals surface area contributed by atoms with Crippen molar-refractivity contribution in [1.29, 1.82) is 0 Å². The molecule has 0 aliphatic carbocycles. The van der Waals surface area contributed by atoms with Gasteiger partial charge in [0.1, 0.15) is 11.6 Å². The molecule has 3 aromatic rings. The normalized spacial score (nSPS) is 10.3. The number of amides is 1. The molecule has 0 radical (unpaired) electrons. The van der Waals surface area contributed by atoms with Crippen LogP contribution in [0.2, 0.25) is 0 Å². The summed E-state index contributed by atoms with van der Waals surface area (Å²) in [6.07, 6.45) is 3.10. The summed E-state index contributed by atoms with van der Waals surface area (Å²) in [5, 5.41) is 5.90. The van der Waals surface area contributed by atoms with Crippen LogP contribution in [0.15, 0.2) is 67.0 Å². The van der Waals surface area contributed by atoms with Crippen molar-refractivity contribution >= 4 is 17.3 Å². The number of nitrogens with zero attached hydrogens (tertiary/aromatic N) is 1. The fourth-order valence-electron chi connectivity index (χ4n) is 2.52. The molecule has 1 amide bonds. The summed E-state index contributed by atoms with van der Waals surface area (Å²) >= 11 is 0. The van der Waals surface area contributed by atoms with E-state index in [1.807, 2.05) is 31.2 Å². The van der Waals surface area contributed by atoms with Crippen LogP contribution in [0.5, 0.6) is 5.75 Å². The predicted molar refractivity (Wildman–Crippen MR) is 103 cm³/mol. The summed E-state index contributed by atoms with van der Waals surface area (Å²) in [6.45, 7) is 2.66. The summed E-state index contributed by atoms with van der Waals surface area (Å²) in [5.74, 6) is 0.130. The van der Waals surface area contributed by atoms with Gasteiger partial charge in [0.2, 0.25) is 0 Å². The highest BCUT2D eigenvalue weighted by atomic mass is 19.1. The highest BCUT2D eigenvalue weighted by Crippen LogP contribution is 2.20. The van der Waals surface area contributed by atoms with Gasteiger partial charge >= 0.3 is 0 Å². The molecule has 0 atom stereocenters. The third kappa shape index (κ3) is 5.04. The van der Waals surface area contributed by atoms with Gasteiger partial charge in [-0.05, 0) is 43.3 Å². The standard InChI is InChI=1S/C21H20FN3O2/c1-2-27-19-9-7-17(8-10-19)25-18-11-16(12-23-14-18)21(26)24-13-15-5-3-4-6-20(15)22/h3-12,14,25H,2,13H2,1H3,(H,24,26). The van der Waals surface area contributed by atoms with Gasteiger partial charge in [-0.2, -0.15) is 0 Å². The number of nitrogens with one attached hydrogen (secondary N) is 2. The second-order valence-electron chi connectivity index (χ2n) is 5.82. The van der Waals surface area contributed by atoms with Crippen LogP contribution >= 0.6 is 0 Å². The number of anilines is 2. The maximum Gasteiger partial charge on any atom is 0.253 e. The number of hydrogen-bond acceptors (Lipinski definition) is 4. The van der Waals surface area contributed by atoms with Crippen molar-refractivity contribution in [3.63, 3.8) is 0 Å². The Hall–Kier alpha value is -3.41. The number of hydrogen-bond donors (Lipinski definition) is 2. The Kier molecular flexibility index (Phi) is 5.99. The van der Waals surface area contributed by atoms with Crippen LogP contribution in [0.3, 0.4) is 0 Å². The third-order valence-corrected chi connectivity index (χ3v) is 3.85. The van der Waals surface area contributed by atoms with E-state index in [9.17, 15) is 9.18 Å². The lowest BCUT2D eigenvalue weighted by Gasteiger charge is -2.10. The number of pyridine rings is 1. The van der Waals surface area contributed by atoms with E-state index in [1.165, 1.54) is 12.3 Å². The minimum atomic E-state index is -0.346. The average molecular weight is 365 g/mol. The first-order valence-electron chi connectivity index (χ1n) is 8.62. The molecule has 0 saturated heterocycles. The molecule has 138 valence electrons. The Morgan fingerprint density at radius 2 is 1.85 bits per heavy atom. The summed E-state index contributed by atoms with van der Waals surface area (Å²) in [5.41, 5.74) is 2.35. The molecule has 2 aromatic carbocycles. The molecule has 0 spiro atoms. The van der Waals surface area contributed by atoms with Crippen molar-refractivity contribution in [2.45, 2.75) is 13.5 Å². The van der Waals surface area contributed by atoms with Crippen molar-refractivity contribution in [3.8, 4) is 5.75 Å². The van der Waals surface area contributed by atoms with Gasteiger partial charge in [0.15, 0.2) is 0 Å². The Morgan fingerprint density at radius 1 is 1.07 bits per heavy atom.